The first-order valence-electron chi connectivity index (χ1n) is 6.98. The fraction of sp³-hybridized carbons (Fsp3) is 0.0588. The molecule has 1 aromatic heterocycles. The molecule has 0 radical (unpaired) electrons. The standard InChI is InChI=1S/C17H13FN2O3S/c1-23-13-7-5-10(6-8-13)16-20-15(14(24-16)17(21)22)19-12-4-2-3-11(18)9-12/h2-9,19H,1H3,(H,21,22). The third-order valence-electron chi connectivity index (χ3n) is 3.25. The van der Waals surface area contributed by atoms with E-state index in [1.54, 1.807) is 37.4 Å². The van der Waals surface area contributed by atoms with Crippen molar-refractivity contribution in [2.75, 3.05) is 12.4 Å². The molecule has 5 nitrogen and oxygen atoms in total. The summed E-state index contributed by atoms with van der Waals surface area (Å²) in [4.78, 5) is 15.9. The molecule has 0 unspecified atom stereocenters. The van der Waals surface area contributed by atoms with Crippen molar-refractivity contribution in [2.24, 2.45) is 0 Å². The van der Waals surface area contributed by atoms with Gasteiger partial charge in [-0.05, 0) is 42.5 Å². The number of carbonyl (C=O) groups is 1. The quantitative estimate of drug-likeness (QED) is 0.718. The molecule has 0 saturated heterocycles. The molecule has 3 rings (SSSR count). The van der Waals surface area contributed by atoms with Crippen LogP contribution in [0.2, 0.25) is 0 Å². The van der Waals surface area contributed by atoms with E-state index in [0.29, 0.717) is 16.4 Å². The minimum absolute atomic E-state index is 0.0603. The molecule has 0 aliphatic rings. The Kier molecular flexibility index (Phi) is 4.43. The van der Waals surface area contributed by atoms with Crippen LogP contribution in [-0.2, 0) is 0 Å². The molecule has 0 aliphatic heterocycles. The second-order valence-electron chi connectivity index (χ2n) is 4.87. The van der Waals surface area contributed by atoms with Crippen LogP contribution >= 0.6 is 11.3 Å². The number of methoxy groups -OCH3 is 1. The molecule has 7 heteroatoms. The van der Waals surface area contributed by atoms with Gasteiger partial charge in [-0.1, -0.05) is 6.07 Å². The van der Waals surface area contributed by atoms with Gasteiger partial charge in [-0.25, -0.2) is 14.2 Å². The lowest BCUT2D eigenvalue weighted by molar-refractivity contribution is 0.0703. The van der Waals surface area contributed by atoms with E-state index in [0.717, 1.165) is 16.9 Å². The number of nitrogens with zero attached hydrogens (tertiary/aromatic N) is 1. The van der Waals surface area contributed by atoms with E-state index < -0.39 is 11.8 Å². The summed E-state index contributed by atoms with van der Waals surface area (Å²) < 4.78 is 18.4. The Morgan fingerprint density at radius 2 is 2.00 bits per heavy atom. The lowest BCUT2D eigenvalue weighted by Gasteiger charge is -2.04. The summed E-state index contributed by atoms with van der Waals surface area (Å²) in [5.41, 5.74) is 1.21. The number of ether oxygens (including phenoxy) is 1. The van der Waals surface area contributed by atoms with Gasteiger partial charge < -0.3 is 15.2 Å². The molecule has 0 amide bonds. The summed E-state index contributed by atoms with van der Waals surface area (Å²) in [5.74, 6) is -0.621. The second-order valence-corrected chi connectivity index (χ2v) is 5.86. The number of thiazole rings is 1. The van der Waals surface area contributed by atoms with Gasteiger partial charge in [-0.2, -0.15) is 0 Å². The van der Waals surface area contributed by atoms with Gasteiger partial charge in [-0.3, -0.25) is 0 Å². The third-order valence-corrected chi connectivity index (χ3v) is 4.34. The Balaban J connectivity index is 1.96. The van der Waals surface area contributed by atoms with E-state index in [1.165, 1.54) is 18.2 Å². The topological polar surface area (TPSA) is 71.5 Å². The van der Waals surface area contributed by atoms with Crippen LogP contribution in [0, 0.1) is 5.82 Å². The van der Waals surface area contributed by atoms with Gasteiger partial charge in [-0.15, -0.1) is 11.3 Å². The second kappa shape index (κ2) is 6.67. The molecule has 0 saturated carbocycles. The lowest BCUT2D eigenvalue weighted by atomic mass is 10.2. The Labute approximate surface area is 141 Å². The highest BCUT2D eigenvalue weighted by molar-refractivity contribution is 7.17. The van der Waals surface area contributed by atoms with Gasteiger partial charge in [0.05, 0.1) is 7.11 Å². The smallest absolute Gasteiger partial charge is 0.349 e. The van der Waals surface area contributed by atoms with Crippen molar-refractivity contribution in [1.29, 1.82) is 0 Å². The van der Waals surface area contributed by atoms with E-state index in [-0.39, 0.29) is 10.7 Å². The number of anilines is 2. The number of nitrogens with one attached hydrogen (secondary N) is 1. The Morgan fingerprint density at radius 1 is 1.25 bits per heavy atom. The van der Waals surface area contributed by atoms with Crippen LogP contribution in [0.1, 0.15) is 9.67 Å². The highest BCUT2D eigenvalue weighted by Crippen LogP contribution is 2.33. The SMILES string of the molecule is COc1ccc(-c2nc(Nc3cccc(F)c3)c(C(=O)O)s2)cc1. The van der Waals surface area contributed by atoms with Crippen LogP contribution in [0.3, 0.4) is 0 Å². The Hall–Kier alpha value is -2.93. The maximum Gasteiger partial charge on any atom is 0.349 e. The van der Waals surface area contributed by atoms with E-state index in [2.05, 4.69) is 10.3 Å². The van der Waals surface area contributed by atoms with Crippen LogP contribution in [0.4, 0.5) is 15.9 Å². The van der Waals surface area contributed by atoms with Gasteiger partial charge in [0, 0.05) is 11.3 Å². The van der Waals surface area contributed by atoms with Crippen molar-refractivity contribution >= 4 is 28.8 Å². The number of hydrogen-bond donors (Lipinski definition) is 2. The fourth-order valence-electron chi connectivity index (χ4n) is 2.11. The number of hydrogen-bond acceptors (Lipinski definition) is 5. The molecular formula is C17H13FN2O3S. The number of rotatable bonds is 5. The first-order chi connectivity index (χ1) is 11.6. The van der Waals surface area contributed by atoms with Crippen LogP contribution in [0.15, 0.2) is 48.5 Å². The van der Waals surface area contributed by atoms with Crippen molar-refractivity contribution in [1.82, 2.24) is 4.98 Å². The van der Waals surface area contributed by atoms with Crippen LogP contribution < -0.4 is 10.1 Å². The van der Waals surface area contributed by atoms with Gasteiger partial charge in [0.1, 0.15) is 16.6 Å². The van der Waals surface area contributed by atoms with E-state index >= 15 is 0 Å². The first-order valence-corrected chi connectivity index (χ1v) is 7.79. The van der Waals surface area contributed by atoms with Crippen molar-refractivity contribution in [3.63, 3.8) is 0 Å². The molecule has 0 fully saturated rings. The Bertz CT molecular complexity index is 878. The summed E-state index contributed by atoms with van der Waals surface area (Å²) in [6.45, 7) is 0. The van der Waals surface area contributed by atoms with Gasteiger partial charge >= 0.3 is 5.97 Å². The zero-order valence-corrected chi connectivity index (χ0v) is 13.4. The molecule has 0 atom stereocenters. The zero-order valence-electron chi connectivity index (χ0n) is 12.6. The van der Waals surface area contributed by atoms with E-state index in [4.69, 9.17) is 4.74 Å². The van der Waals surface area contributed by atoms with Gasteiger partial charge in [0.25, 0.3) is 0 Å². The minimum atomic E-state index is -1.09. The molecule has 2 aromatic carbocycles. The van der Waals surface area contributed by atoms with Crippen molar-refractivity contribution in [2.45, 2.75) is 0 Å². The summed E-state index contributed by atoms with van der Waals surface area (Å²) >= 11 is 1.05. The molecule has 1 heterocycles. The predicted molar refractivity (Wildman–Crippen MR) is 90.7 cm³/mol. The van der Waals surface area contributed by atoms with Crippen LogP contribution in [0.5, 0.6) is 5.75 Å². The number of benzene rings is 2. The fourth-order valence-corrected chi connectivity index (χ4v) is 2.97. The van der Waals surface area contributed by atoms with Crippen molar-refractivity contribution in [3.05, 3.63) is 59.2 Å². The molecule has 0 aliphatic carbocycles. The molecule has 24 heavy (non-hydrogen) atoms. The summed E-state index contributed by atoms with van der Waals surface area (Å²) in [5, 5.41) is 12.8. The molecular weight excluding hydrogens is 331 g/mol. The van der Waals surface area contributed by atoms with Crippen molar-refractivity contribution < 1.29 is 19.0 Å². The zero-order chi connectivity index (χ0) is 17.1. The maximum atomic E-state index is 13.3. The Morgan fingerprint density at radius 3 is 2.62 bits per heavy atom. The van der Waals surface area contributed by atoms with E-state index in [1.807, 2.05) is 0 Å². The molecule has 2 N–H and O–H groups in total. The average Bonchev–Trinajstić information content (AvgIpc) is 2.99. The minimum Gasteiger partial charge on any atom is -0.497 e. The number of carboxylic acid groups (broad SMARTS) is 1. The molecule has 0 bridgehead atoms. The first kappa shape index (κ1) is 15.9. The highest BCUT2D eigenvalue weighted by atomic mass is 32.1. The maximum absolute atomic E-state index is 13.3. The van der Waals surface area contributed by atoms with Gasteiger partial charge in [0.15, 0.2) is 10.7 Å². The van der Waals surface area contributed by atoms with Crippen LogP contribution in [-0.4, -0.2) is 23.2 Å². The predicted octanol–water partition coefficient (Wildman–Crippen LogP) is 4.40. The molecule has 0 spiro atoms. The number of carboxylic acids is 1. The monoisotopic (exact) mass is 344 g/mol. The van der Waals surface area contributed by atoms with Gasteiger partial charge in [0.2, 0.25) is 0 Å². The number of halogens is 1. The summed E-state index contributed by atoms with van der Waals surface area (Å²) in [7, 11) is 1.57. The average molecular weight is 344 g/mol. The molecule has 122 valence electrons. The summed E-state index contributed by atoms with van der Waals surface area (Å²) in [6.07, 6.45) is 0. The van der Waals surface area contributed by atoms with Crippen LogP contribution in [0.25, 0.3) is 10.6 Å². The van der Waals surface area contributed by atoms with E-state index in [9.17, 15) is 14.3 Å². The number of aromatic nitrogens is 1. The molecule has 3 aromatic rings. The lowest BCUT2D eigenvalue weighted by Crippen LogP contribution is -1.99. The summed E-state index contributed by atoms with van der Waals surface area (Å²) in [6, 6.07) is 12.9. The number of aromatic carboxylic acids is 1. The van der Waals surface area contributed by atoms with Crippen molar-refractivity contribution in [3.8, 4) is 16.3 Å². The largest absolute Gasteiger partial charge is 0.497 e. The highest BCUT2D eigenvalue weighted by Gasteiger charge is 2.18. The third kappa shape index (κ3) is 3.36. The normalized spacial score (nSPS) is 10.4.